The number of fused-ring (bicyclic) bond motifs is 1. The number of hydrogen-bond acceptors (Lipinski definition) is 0. The molecule has 0 spiro atoms. The van der Waals surface area contributed by atoms with Crippen LogP contribution in [0, 0.1) is 5.92 Å². The first kappa shape index (κ1) is 10.5. The van der Waals surface area contributed by atoms with Crippen molar-refractivity contribution in [1.82, 2.24) is 0 Å². The van der Waals surface area contributed by atoms with E-state index in [1.54, 1.807) is 0 Å². The molecule has 1 heterocycles. The highest BCUT2D eigenvalue weighted by Crippen LogP contribution is 2.40. The van der Waals surface area contributed by atoms with Crippen LogP contribution in [-0.2, 0) is 0 Å². The molecule has 1 saturated carbocycles. The van der Waals surface area contributed by atoms with Gasteiger partial charge in [-0.2, -0.15) is 0 Å². The maximum absolute atomic E-state index is 2.52. The van der Waals surface area contributed by atoms with Crippen molar-refractivity contribution in [2.75, 3.05) is 20.1 Å². The van der Waals surface area contributed by atoms with Crippen LogP contribution in [0.4, 0.5) is 0 Å². The Morgan fingerprint density at radius 3 is 2.71 bits per heavy atom. The van der Waals surface area contributed by atoms with E-state index in [1.165, 1.54) is 62.5 Å². The zero-order valence-electron chi connectivity index (χ0n) is 9.97. The Kier molecular flexibility index (Phi) is 3.16. The van der Waals surface area contributed by atoms with Crippen LogP contribution in [-0.4, -0.2) is 30.7 Å². The van der Waals surface area contributed by atoms with Crippen molar-refractivity contribution in [3.8, 4) is 0 Å². The van der Waals surface area contributed by atoms with Gasteiger partial charge in [0.1, 0.15) is 0 Å². The molecule has 0 aromatic rings. The van der Waals surface area contributed by atoms with E-state index in [0.29, 0.717) is 0 Å². The number of hydrogen-bond donors (Lipinski definition) is 0. The summed E-state index contributed by atoms with van der Waals surface area (Å²) >= 11 is 0. The fraction of sp³-hybridized carbons (Fsp3) is 1.00. The largest absolute Gasteiger partial charge is 0.323 e. The molecule has 0 bridgehead atoms. The Labute approximate surface area is 89.1 Å². The molecule has 82 valence electrons. The van der Waals surface area contributed by atoms with Gasteiger partial charge in [0.25, 0.3) is 0 Å². The van der Waals surface area contributed by atoms with E-state index in [9.17, 15) is 0 Å². The second-order valence-corrected chi connectivity index (χ2v) is 5.68. The molecule has 1 aliphatic carbocycles. The number of likely N-dealkylation sites (tertiary alicyclic amines) is 1. The molecule has 3 atom stereocenters. The van der Waals surface area contributed by atoms with Crippen LogP contribution in [0.25, 0.3) is 0 Å². The first-order chi connectivity index (χ1) is 6.76. The lowest BCUT2D eigenvalue weighted by atomic mass is 9.84. The van der Waals surface area contributed by atoms with Crippen LogP contribution in [0.1, 0.15) is 51.9 Å². The molecule has 3 unspecified atom stereocenters. The Balaban J connectivity index is 1.97. The molecule has 2 aliphatic rings. The van der Waals surface area contributed by atoms with Gasteiger partial charge in [-0.3, -0.25) is 0 Å². The summed E-state index contributed by atoms with van der Waals surface area (Å²) in [6.07, 6.45) is 10.4. The van der Waals surface area contributed by atoms with Gasteiger partial charge in [-0.05, 0) is 25.7 Å². The SMILES string of the molecule is CCCC[N+]1(C)CCC2CCCCC21. The van der Waals surface area contributed by atoms with Crippen LogP contribution in [0.2, 0.25) is 0 Å². The maximum Gasteiger partial charge on any atom is 0.0918 e. The molecule has 14 heavy (non-hydrogen) atoms. The van der Waals surface area contributed by atoms with Crippen molar-refractivity contribution in [3.05, 3.63) is 0 Å². The van der Waals surface area contributed by atoms with Crippen LogP contribution in [0.15, 0.2) is 0 Å². The summed E-state index contributed by atoms with van der Waals surface area (Å²) in [6.45, 7) is 5.23. The minimum atomic E-state index is 1.04. The summed E-state index contributed by atoms with van der Waals surface area (Å²) in [6, 6.07) is 1.04. The molecule has 1 nitrogen and oxygen atoms in total. The van der Waals surface area contributed by atoms with E-state index in [-0.39, 0.29) is 0 Å². The maximum atomic E-state index is 2.52. The second-order valence-electron chi connectivity index (χ2n) is 5.68. The van der Waals surface area contributed by atoms with Gasteiger partial charge in [0.2, 0.25) is 0 Å². The summed E-state index contributed by atoms with van der Waals surface area (Å²) in [5.74, 6) is 1.09. The zero-order valence-corrected chi connectivity index (χ0v) is 9.97. The fourth-order valence-corrected chi connectivity index (χ4v) is 3.77. The van der Waals surface area contributed by atoms with Crippen molar-refractivity contribution >= 4 is 0 Å². The highest BCUT2D eigenvalue weighted by Gasteiger charge is 2.45. The summed E-state index contributed by atoms with van der Waals surface area (Å²) in [7, 11) is 2.52. The average molecular weight is 196 g/mol. The van der Waals surface area contributed by atoms with Gasteiger partial charge in [-0.15, -0.1) is 0 Å². The van der Waals surface area contributed by atoms with Crippen molar-refractivity contribution in [2.45, 2.75) is 57.9 Å². The Bertz CT molecular complexity index is 190. The minimum absolute atomic E-state index is 1.04. The lowest BCUT2D eigenvalue weighted by Crippen LogP contribution is -2.50. The van der Waals surface area contributed by atoms with E-state index in [2.05, 4.69) is 14.0 Å². The Morgan fingerprint density at radius 2 is 1.93 bits per heavy atom. The van der Waals surface area contributed by atoms with E-state index in [4.69, 9.17) is 0 Å². The number of unbranched alkanes of at least 4 members (excludes halogenated alkanes) is 1. The number of nitrogens with zero attached hydrogens (tertiary/aromatic N) is 1. The molecule has 0 aromatic carbocycles. The third-order valence-electron chi connectivity index (χ3n) is 4.70. The van der Waals surface area contributed by atoms with Crippen LogP contribution < -0.4 is 0 Å². The van der Waals surface area contributed by atoms with Gasteiger partial charge in [-0.1, -0.05) is 19.8 Å². The van der Waals surface area contributed by atoms with Crippen LogP contribution in [0.5, 0.6) is 0 Å². The van der Waals surface area contributed by atoms with Crippen molar-refractivity contribution in [1.29, 1.82) is 0 Å². The van der Waals surface area contributed by atoms with Crippen LogP contribution in [0.3, 0.4) is 0 Å². The highest BCUT2D eigenvalue weighted by molar-refractivity contribution is 4.81. The summed E-state index contributed by atoms with van der Waals surface area (Å²) < 4.78 is 1.42. The predicted molar refractivity (Wildman–Crippen MR) is 61.2 cm³/mol. The number of quaternary nitrogens is 1. The van der Waals surface area contributed by atoms with E-state index in [0.717, 1.165) is 12.0 Å². The first-order valence-electron chi connectivity index (χ1n) is 6.60. The first-order valence-corrected chi connectivity index (χ1v) is 6.60. The van der Waals surface area contributed by atoms with Gasteiger partial charge in [0.15, 0.2) is 0 Å². The quantitative estimate of drug-likeness (QED) is 0.608. The van der Waals surface area contributed by atoms with Crippen LogP contribution >= 0.6 is 0 Å². The molecule has 0 amide bonds. The lowest BCUT2D eigenvalue weighted by Gasteiger charge is -2.40. The van der Waals surface area contributed by atoms with Gasteiger partial charge in [0, 0.05) is 12.3 Å². The monoisotopic (exact) mass is 196 g/mol. The lowest BCUT2D eigenvalue weighted by molar-refractivity contribution is -0.923. The zero-order chi connectivity index (χ0) is 10.0. The standard InChI is InChI=1S/C13H26N/c1-3-4-10-14(2)11-9-12-7-5-6-8-13(12)14/h12-13H,3-11H2,1-2H3/q+1. The molecule has 1 heteroatoms. The Hall–Kier alpha value is -0.0400. The molecule has 1 aliphatic heterocycles. The summed E-state index contributed by atoms with van der Waals surface area (Å²) in [5.41, 5.74) is 0. The third-order valence-corrected chi connectivity index (χ3v) is 4.70. The van der Waals surface area contributed by atoms with E-state index in [1.807, 2.05) is 0 Å². The smallest absolute Gasteiger partial charge is 0.0918 e. The van der Waals surface area contributed by atoms with Crippen molar-refractivity contribution < 1.29 is 4.48 Å². The Morgan fingerprint density at radius 1 is 1.14 bits per heavy atom. The molecule has 0 N–H and O–H groups in total. The van der Waals surface area contributed by atoms with Gasteiger partial charge in [-0.25, -0.2) is 0 Å². The second kappa shape index (κ2) is 4.22. The molecular weight excluding hydrogens is 170 g/mol. The normalized spacial score (nSPS) is 42.4. The fourth-order valence-electron chi connectivity index (χ4n) is 3.77. The van der Waals surface area contributed by atoms with Crippen molar-refractivity contribution in [2.24, 2.45) is 5.92 Å². The molecular formula is C13H26N+. The topological polar surface area (TPSA) is 0 Å². The number of rotatable bonds is 3. The molecule has 0 radical (unpaired) electrons. The average Bonchev–Trinajstić information content (AvgIpc) is 2.55. The van der Waals surface area contributed by atoms with E-state index >= 15 is 0 Å². The molecule has 2 rings (SSSR count). The predicted octanol–water partition coefficient (Wildman–Crippen LogP) is 3.20. The third kappa shape index (κ3) is 1.84. The molecule has 0 aromatic heterocycles. The van der Waals surface area contributed by atoms with Gasteiger partial charge >= 0.3 is 0 Å². The summed E-state index contributed by atoms with van der Waals surface area (Å²) in [4.78, 5) is 0. The van der Waals surface area contributed by atoms with Gasteiger partial charge in [0.05, 0.1) is 26.2 Å². The van der Waals surface area contributed by atoms with E-state index < -0.39 is 0 Å². The molecule has 1 saturated heterocycles. The highest BCUT2D eigenvalue weighted by atomic mass is 15.4. The van der Waals surface area contributed by atoms with Crippen molar-refractivity contribution in [3.63, 3.8) is 0 Å². The molecule has 2 fully saturated rings. The summed E-state index contributed by atoms with van der Waals surface area (Å²) in [5, 5.41) is 0. The minimum Gasteiger partial charge on any atom is -0.323 e. The van der Waals surface area contributed by atoms with Gasteiger partial charge < -0.3 is 4.48 Å².